The van der Waals surface area contributed by atoms with Gasteiger partial charge in [0.25, 0.3) is 5.56 Å². The van der Waals surface area contributed by atoms with E-state index in [2.05, 4.69) is 20.3 Å². The molecule has 0 aliphatic rings. The number of rotatable bonds is 4. The Balaban J connectivity index is 1.96. The number of nitriles is 1. The van der Waals surface area contributed by atoms with E-state index in [4.69, 9.17) is 11.5 Å². The van der Waals surface area contributed by atoms with Gasteiger partial charge >= 0.3 is 0 Å². The summed E-state index contributed by atoms with van der Waals surface area (Å²) in [6, 6.07) is 12.7. The van der Waals surface area contributed by atoms with Crippen molar-refractivity contribution < 1.29 is 4.39 Å². The van der Waals surface area contributed by atoms with E-state index in [1.54, 1.807) is 31.2 Å². The third kappa shape index (κ3) is 3.80. The Morgan fingerprint density at radius 3 is 2.59 bits per heavy atom. The minimum Gasteiger partial charge on any atom is -0.382 e. The zero-order chi connectivity index (χ0) is 23.0. The second kappa shape index (κ2) is 8.39. The molecule has 0 aliphatic carbocycles. The number of para-hydroxylation sites is 1. The highest BCUT2D eigenvalue weighted by Gasteiger charge is 2.22. The summed E-state index contributed by atoms with van der Waals surface area (Å²) in [5, 5.41) is 12.7. The van der Waals surface area contributed by atoms with Gasteiger partial charge in [-0.1, -0.05) is 18.2 Å². The summed E-state index contributed by atoms with van der Waals surface area (Å²) < 4.78 is 16.0. The molecule has 2 aromatic carbocycles. The molecule has 1 atom stereocenters. The second-order valence-corrected chi connectivity index (χ2v) is 8.06. The number of halogens is 2. The van der Waals surface area contributed by atoms with Crippen molar-refractivity contribution in [2.24, 2.45) is 0 Å². The maximum absolute atomic E-state index is 14.1. The van der Waals surface area contributed by atoms with E-state index in [-0.39, 0.29) is 28.5 Å². The molecule has 32 heavy (non-hydrogen) atoms. The lowest BCUT2D eigenvalue weighted by Crippen LogP contribution is -2.28. The van der Waals surface area contributed by atoms with E-state index in [0.29, 0.717) is 20.6 Å². The number of nitrogens with one attached hydrogen (secondary N) is 1. The molecule has 4 aromatic rings. The zero-order valence-electron chi connectivity index (χ0n) is 16.7. The molecule has 0 spiro atoms. The maximum atomic E-state index is 14.1. The summed E-state index contributed by atoms with van der Waals surface area (Å²) in [6.45, 7) is 1.75. The second-order valence-electron chi connectivity index (χ2n) is 6.90. The fraction of sp³-hybridized carbons (Fsp3) is 0.0952. The Hall–Kier alpha value is -3.79. The van der Waals surface area contributed by atoms with Gasteiger partial charge in [-0.25, -0.2) is 9.37 Å². The van der Waals surface area contributed by atoms with Gasteiger partial charge in [0.1, 0.15) is 29.1 Å². The van der Waals surface area contributed by atoms with Gasteiger partial charge in [0.05, 0.1) is 22.6 Å². The molecule has 0 radical (unpaired) electrons. The van der Waals surface area contributed by atoms with Crippen molar-refractivity contribution in [1.29, 1.82) is 5.26 Å². The Labute approximate surface area is 195 Å². The zero-order valence-corrected chi connectivity index (χ0v) is 18.8. The smallest absolute Gasteiger partial charge is 0.266 e. The third-order valence-corrected chi connectivity index (χ3v) is 5.56. The van der Waals surface area contributed by atoms with Crippen LogP contribution in [0.5, 0.6) is 0 Å². The summed E-state index contributed by atoms with van der Waals surface area (Å²) in [5.41, 5.74) is 12.0. The van der Waals surface area contributed by atoms with Crippen LogP contribution in [0.25, 0.3) is 16.6 Å². The van der Waals surface area contributed by atoms with Gasteiger partial charge in [0.2, 0.25) is 5.95 Å². The normalized spacial score (nSPS) is 11.8. The van der Waals surface area contributed by atoms with Crippen LogP contribution in [0.3, 0.4) is 0 Å². The van der Waals surface area contributed by atoms with Crippen LogP contribution in [0, 0.1) is 20.7 Å². The highest BCUT2D eigenvalue weighted by atomic mass is 127. The first kappa shape index (κ1) is 21.4. The molecule has 0 amide bonds. The van der Waals surface area contributed by atoms with E-state index in [9.17, 15) is 14.4 Å². The van der Waals surface area contributed by atoms with E-state index >= 15 is 0 Å². The molecule has 0 saturated heterocycles. The number of nitrogens with two attached hydrogens (primary N) is 2. The van der Waals surface area contributed by atoms with E-state index in [1.807, 2.05) is 34.7 Å². The molecular formula is C21H16FIN8O. The van der Waals surface area contributed by atoms with Gasteiger partial charge in [-0.2, -0.15) is 15.2 Å². The number of benzene rings is 2. The lowest BCUT2D eigenvalue weighted by molar-refractivity contribution is 0.628. The Morgan fingerprint density at radius 1 is 1.19 bits per heavy atom. The van der Waals surface area contributed by atoms with Crippen LogP contribution < -0.4 is 22.3 Å². The fourth-order valence-electron chi connectivity index (χ4n) is 3.33. The molecular weight excluding hydrogens is 526 g/mol. The number of fused-ring (bicyclic) bond motifs is 1. The van der Waals surface area contributed by atoms with Crippen molar-refractivity contribution in [3.63, 3.8) is 0 Å². The minimum absolute atomic E-state index is 0.0251. The third-order valence-electron chi connectivity index (χ3n) is 4.74. The Kier molecular flexibility index (Phi) is 5.62. The van der Waals surface area contributed by atoms with Gasteiger partial charge in [0.15, 0.2) is 5.82 Å². The van der Waals surface area contributed by atoms with Gasteiger partial charge in [-0.05, 0) is 53.8 Å². The molecule has 2 aromatic heterocycles. The van der Waals surface area contributed by atoms with Gasteiger partial charge in [-0.15, -0.1) is 0 Å². The molecule has 5 N–H and O–H groups in total. The van der Waals surface area contributed by atoms with Gasteiger partial charge < -0.3 is 16.8 Å². The Morgan fingerprint density at radius 2 is 1.91 bits per heavy atom. The van der Waals surface area contributed by atoms with E-state index in [0.717, 1.165) is 0 Å². The first-order valence-corrected chi connectivity index (χ1v) is 10.4. The molecule has 0 bridgehead atoms. The van der Waals surface area contributed by atoms with Gasteiger partial charge in [-0.3, -0.25) is 9.36 Å². The quantitative estimate of drug-likeness (QED) is 0.333. The van der Waals surface area contributed by atoms with Crippen LogP contribution in [0.4, 0.5) is 22.0 Å². The van der Waals surface area contributed by atoms with Crippen LogP contribution in [-0.2, 0) is 0 Å². The molecule has 2 heterocycles. The monoisotopic (exact) mass is 542 g/mol. The lowest BCUT2D eigenvalue weighted by atomic mass is 10.2. The van der Waals surface area contributed by atoms with Crippen LogP contribution in [0.15, 0.2) is 47.3 Å². The highest BCUT2D eigenvalue weighted by molar-refractivity contribution is 14.1. The standard InChI is InChI=1S/C21H16FIN8O/c1-10(27-18-14(9-24)17(25)29-21(26)30-18)19-28-16-13(7-11(22)8-15(16)23)20(32)31(19)12-5-3-2-4-6-12/h2-8,10H,1H3,(H5,25,26,27,29,30)/t10-/m0/s1. The first-order chi connectivity index (χ1) is 15.3. The summed E-state index contributed by atoms with van der Waals surface area (Å²) in [4.78, 5) is 26.0. The average molecular weight is 542 g/mol. The summed E-state index contributed by atoms with van der Waals surface area (Å²) in [7, 11) is 0. The first-order valence-electron chi connectivity index (χ1n) is 9.37. The van der Waals surface area contributed by atoms with Crippen molar-refractivity contribution in [3.05, 3.63) is 73.6 Å². The maximum Gasteiger partial charge on any atom is 0.266 e. The molecule has 160 valence electrons. The van der Waals surface area contributed by atoms with E-state index in [1.165, 1.54) is 16.7 Å². The number of hydrogen-bond donors (Lipinski definition) is 3. The van der Waals surface area contributed by atoms with E-state index < -0.39 is 17.4 Å². The number of hydrogen-bond acceptors (Lipinski definition) is 8. The molecule has 0 fully saturated rings. The number of nitrogens with zero attached hydrogens (tertiary/aromatic N) is 5. The SMILES string of the molecule is C[C@H](Nc1nc(N)nc(N)c1C#N)c1nc2c(I)cc(F)cc2c(=O)n1-c1ccccc1. The predicted molar refractivity (Wildman–Crippen MR) is 128 cm³/mol. The summed E-state index contributed by atoms with van der Waals surface area (Å²) >= 11 is 1.94. The Bertz CT molecular complexity index is 1450. The topological polar surface area (TPSA) is 149 Å². The summed E-state index contributed by atoms with van der Waals surface area (Å²) in [5.74, 6) is -0.240. The highest BCUT2D eigenvalue weighted by Crippen LogP contribution is 2.26. The molecule has 0 unspecified atom stereocenters. The minimum atomic E-state index is -0.617. The largest absolute Gasteiger partial charge is 0.382 e. The number of nitrogen functional groups attached to an aromatic ring is 2. The van der Waals surface area contributed by atoms with Crippen LogP contribution in [0.1, 0.15) is 24.4 Å². The van der Waals surface area contributed by atoms with Crippen molar-refractivity contribution in [2.75, 3.05) is 16.8 Å². The predicted octanol–water partition coefficient (Wildman–Crippen LogP) is 3.13. The molecule has 11 heteroatoms. The van der Waals surface area contributed by atoms with Gasteiger partial charge in [0, 0.05) is 3.57 Å². The fourth-order valence-corrected chi connectivity index (χ4v) is 4.04. The van der Waals surface area contributed by atoms with Crippen molar-refractivity contribution in [1.82, 2.24) is 19.5 Å². The van der Waals surface area contributed by atoms with Crippen molar-refractivity contribution in [3.8, 4) is 11.8 Å². The molecule has 0 aliphatic heterocycles. The number of anilines is 3. The van der Waals surface area contributed by atoms with Crippen LogP contribution >= 0.6 is 22.6 Å². The summed E-state index contributed by atoms with van der Waals surface area (Å²) in [6.07, 6.45) is 0. The van der Waals surface area contributed by atoms with Crippen molar-refractivity contribution >= 4 is 51.1 Å². The average Bonchev–Trinajstić information content (AvgIpc) is 2.74. The lowest BCUT2D eigenvalue weighted by Gasteiger charge is -2.21. The molecule has 4 rings (SSSR count). The molecule has 9 nitrogen and oxygen atoms in total. The molecule has 0 saturated carbocycles. The number of aromatic nitrogens is 4. The van der Waals surface area contributed by atoms with Crippen molar-refractivity contribution in [2.45, 2.75) is 13.0 Å². The van der Waals surface area contributed by atoms with Crippen LogP contribution in [-0.4, -0.2) is 19.5 Å². The van der Waals surface area contributed by atoms with Crippen LogP contribution in [0.2, 0.25) is 0 Å².